The van der Waals surface area contributed by atoms with Gasteiger partial charge in [0.1, 0.15) is 6.07 Å². The highest BCUT2D eigenvalue weighted by molar-refractivity contribution is 6.17. The van der Waals surface area contributed by atoms with Crippen LogP contribution in [0.5, 0.6) is 0 Å². The van der Waals surface area contributed by atoms with Crippen molar-refractivity contribution >= 4 is 17.3 Å². The Morgan fingerprint density at radius 2 is 2.22 bits per heavy atom. The summed E-state index contributed by atoms with van der Waals surface area (Å²) in [7, 11) is 0. The van der Waals surface area contributed by atoms with Crippen LogP contribution < -0.4 is 4.90 Å². The number of hydrogen-bond acceptors (Lipinski definition) is 2. The van der Waals surface area contributed by atoms with Gasteiger partial charge in [0.2, 0.25) is 0 Å². The second-order valence-corrected chi connectivity index (χ2v) is 6.05. The number of piperidine rings is 1. The Kier molecular flexibility index (Phi) is 3.82. The van der Waals surface area contributed by atoms with E-state index in [1.54, 1.807) is 0 Å². The van der Waals surface area contributed by atoms with Crippen LogP contribution in [-0.2, 0) is 5.88 Å². The van der Waals surface area contributed by atoms with E-state index in [4.69, 9.17) is 11.6 Å². The number of benzene rings is 1. The minimum absolute atomic E-state index is 0.329. The van der Waals surface area contributed by atoms with Crippen molar-refractivity contribution < 1.29 is 0 Å². The molecule has 0 unspecified atom stereocenters. The molecular formula is C15H19ClN2. The maximum atomic E-state index is 9.28. The third-order valence-corrected chi connectivity index (χ3v) is 3.89. The highest BCUT2D eigenvalue weighted by Crippen LogP contribution is 2.33. The van der Waals surface area contributed by atoms with Crippen LogP contribution in [0.15, 0.2) is 18.2 Å². The molecule has 18 heavy (non-hydrogen) atoms. The lowest BCUT2D eigenvalue weighted by atomic mass is 9.84. The summed E-state index contributed by atoms with van der Waals surface area (Å²) in [6.45, 7) is 6.64. The largest absolute Gasteiger partial charge is 0.370 e. The van der Waals surface area contributed by atoms with Crippen molar-refractivity contribution in [3.63, 3.8) is 0 Å². The van der Waals surface area contributed by atoms with E-state index in [1.165, 1.54) is 12.8 Å². The van der Waals surface area contributed by atoms with Gasteiger partial charge in [-0.1, -0.05) is 19.9 Å². The van der Waals surface area contributed by atoms with Crippen LogP contribution in [0.25, 0.3) is 0 Å². The highest BCUT2D eigenvalue weighted by Gasteiger charge is 2.27. The molecule has 1 fully saturated rings. The average Bonchev–Trinajstić information content (AvgIpc) is 2.36. The predicted molar refractivity (Wildman–Crippen MR) is 75.9 cm³/mol. The molecule has 2 nitrogen and oxygen atoms in total. The Morgan fingerprint density at radius 1 is 1.44 bits per heavy atom. The Labute approximate surface area is 114 Å². The molecule has 1 aliphatic heterocycles. The molecule has 0 aliphatic carbocycles. The van der Waals surface area contributed by atoms with Crippen molar-refractivity contribution in [3.8, 4) is 6.07 Å². The molecule has 1 saturated heterocycles. The summed E-state index contributed by atoms with van der Waals surface area (Å²) in [5.41, 5.74) is 3.13. The first-order chi connectivity index (χ1) is 8.55. The van der Waals surface area contributed by atoms with Gasteiger partial charge in [0.15, 0.2) is 0 Å². The number of nitrogens with zero attached hydrogens (tertiary/aromatic N) is 2. The molecular weight excluding hydrogens is 244 g/mol. The van der Waals surface area contributed by atoms with E-state index >= 15 is 0 Å². The van der Waals surface area contributed by atoms with Crippen molar-refractivity contribution in [3.05, 3.63) is 29.3 Å². The lowest BCUT2D eigenvalue weighted by Crippen LogP contribution is -2.40. The molecule has 0 atom stereocenters. The lowest BCUT2D eigenvalue weighted by Gasteiger charge is -2.39. The summed E-state index contributed by atoms with van der Waals surface area (Å²) < 4.78 is 0. The molecule has 1 aromatic rings. The second kappa shape index (κ2) is 5.20. The number of rotatable bonds is 2. The smallest absolute Gasteiger partial charge is 0.101 e. The third-order valence-electron chi connectivity index (χ3n) is 3.58. The van der Waals surface area contributed by atoms with Crippen LogP contribution in [0, 0.1) is 16.7 Å². The Bertz CT molecular complexity index is 474. The van der Waals surface area contributed by atoms with E-state index in [-0.39, 0.29) is 0 Å². The average molecular weight is 263 g/mol. The van der Waals surface area contributed by atoms with E-state index in [1.807, 2.05) is 18.2 Å². The zero-order valence-electron chi connectivity index (χ0n) is 11.0. The van der Waals surface area contributed by atoms with Gasteiger partial charge in [0.05, 0.1) is 11.3 Å². The van der Waals surface area contributed by atoms with Crippen LogP contribution in [0.2, 0.25) is 0 Å². The first kappa shape index (κ1) is 13.2. The van der Waals surface area contributed by atoms with Crippen LogP contribution in [0.3, 0.4) is 0 Å². The molecule has 2 rings (SSSR count). The predicted octanol–water partition coefficient (Wildman–Crippen LogP) is 3.92. The Hall–Kier alpha value is -1.20. The number of nitriles is 1. The number of hydrogen-bond donors (Lipinski definition) is 0. The lowest BCUT2D eigenvalue weighted by molar-refractivity contribution is 0.293. The van der Waals surface area contributed by atoms with Gasteiger partial charge >= 0.3 is 0 Å². The van der Waals surface area contributed by atoms with Gasteiger partial charge in [0.25, 0.3) is 0 Å². The maximum Gasteiger partial charge on any atom is 0.101 e. The third kappa shape index (κ3) is 2.79. The zero-order chi connectivity index (χ0) is 13.2. The summed E-state index contributed by atoms with van der Waals surface area (Å²) in [5.74, 6) is 0.459. The van der Waals surface area contributed by atoms with Crippen LogP contribution in [0.4, 0.5) is 5.69 Å². The van der Waals surface area contributed by atoms with E-state index in [0.29, 0.717) is 11.3 Å². The summed E-state index contributed by atoms with van der Waals surface area (Å²) in [5, 5.41) is 9.28. The Morgan fingerprint density at radius 3 is 2.83 bits per heavy atom. The monoisotopic (exact) mass is 262 g/mol. The fourth-order valence-corrected chi connectivity index (χ4v) is 2.83. The molecule has 0 aromatic heterocycles. The van der Waals surface area contributed by atoms with Gasteiger partial charge < -0.3 is 4.90 Å². The van der Waals surface area contributed by atoms with Crippen molar-refractivity contribution in [2.75, 3.05) is 18.0 Å². The van der Waals surface area contributed by atoms with E-state index in [2.05, 4.69) is 24.8 Å². The number of halogens is 1. The molecule has 0 amide bonds. The molecule has 1 aliphatic rings. The van der Waals surface area contributed by atoms with E-state index in [0.717, 1.165) is 29.9 Å². The van der Waals surface area contributed by atoms with E-state index < -0.39 is 0 Å². The van der Waals surface area contributed by atoms with Gasteiger partial charge in [0, 0.05) is 19.0 Å². The molecule has 1 aromatic carbocycles. The molecule has 0 N–H and O–H groups in total. The highest BCUT2D eigenvalue weighted by atomic mass is 35.5. The number of alkyl halides is 1. The maximum absolute atomic E-state index is 9.28. The SMILES string of the molecule is CC1(C)CCCN(c2ccc(CCl)cc2C#N)C1. The fourth-order valence-electron chi connectivity index (χ4n) is 2.66. The first-order valence-corrected chi connectivity index (χ1v) is 6.93. The molecule has 1 heterocycles. The Balaban J connectivity index is 2.30. The first-order valence-electron chi connectivity index (χ1n) is 6.40. The fraction of sp³-hybridized carbons (Fsp3) is 0.533. The van der Waals surface area contributed by atoms with Gasteiger partial charge in [-0.05, 0) is 36.0 Å². The summed E-state index contributed by atoms with van der Waals surface area (Å²) in [4.78, 5) is 2.33. The van der Waals surface area contributed by atoms with Gasteiger partial charge in [-0.2, -0.15) is 5.26 Å². The molecule has 3 heteroatoms. The van der Waals surface area contributed by atoms with Crippen molar-refractivity contribution in [1.29, 1.82) is 5.26 Å². The van der Waals surface area contributed by atoms with Crippen molar-refractivity contribution in [2.24, 2.45) is 5.41 Å². The quantitative estimate of drug-likeness (QED) is 0.756. The van der Waals surface area contributed by atoms with Crippen LogP contribution in [0.1, 0.15) is 37.8 Å². The second-order valence-electron chi connectivity index (χ2n) is 5.79. The minimum atomic E-state index is 0.329. The minimum Gasteiger partial charge on any atom is -0.370 e. The normalized spacial score (nSPS) is 18.4. The molecule has 0 bridgehead atoms. The number of anilines is 1. The molecule has 96 valence electrons. The molecule has 0 radical (unpaired) electrons. The van der Waals surface area contributed by atoms with Crippen LogP contribution in [-0.4, -0.2) is 13.1 Å². The van der Waals surface area contributed by atoms with Gasteiger partial charge in [-0.15, -0.1) is 11.6 Å². The summed E-state index contributed by atoms with van der Waals surface area (Å²) in [6, 6.07) is 8.26. The van der Waals surface area contributed by atoms with Crippen molar-refractivity contribution in [2.45, 2.75) is 32.6 Å². The topological polar surface area (TPSA) is 27.0 Å². The van der Waals surface area contributed by atoms with E-state index in [9.17, 15) is 5.26 Å². The van der Waals surface area contributed by atoms with Gasteiger partial charge in [-0.3, -0.25) is 0 Å². The zero-order valence-corrected chi connectivity index (χ0v) is 11.8. The summed E-state index contributed by atoms with van der Waals surface area (Å²) >= 11 is 5.82. The van der Waals surface area contributed by atoms with Crippen molar-refractivity contribution in [1.82, 2.24) is 0 Å². The standard InChI is InChI=1S/C15H19ClN2/c1-15(2)6-3-7-18(11-15)14-5-4-12(9-16)8-13(14)10-17/h4-5,8H,3,6-7,9,11H2,1-2H3. The van der Waals surface area contributed by atoms with Gasteiger partial charge in [-0.25, -0.2) is 0 Å². The van der Waals surface area contributed by atoms with Crippen LogP contribution >= 0.6 is 11.6 Å². The molecule has 0 spiro atoms. The molecule has 0 saturated carbocycles. The summed E-state index contributed by atoms with van der Waals surface area (Å²) in [6.07, 6.45) is 2.44.